The molecule has 38 heteroatoms. The quantitative estimate of drug-likeness (QED) is 0.0220. The number of cyclic esters (lactones) is 1. The van der Waals surface area contributed by atoms with E-state index in [1.807, 2.05) is 13.0 Å². The third-order valence-corrected chi connectivity index (χ3v) is 19.5. The average Bonchev–Trinajstić information content (AvgIpc) is 0.693. The number of ether oxygens (including phenoxy) is 14. The molecule has 3 fully saturated rings. The monoisotopic (exact) mass is 1720 g/mol. The number of fused-ring (bicyclic) bond motifs is 2. The van der Waals surface area contributed by atoms with Crippen LogP contribution in [0.5, 0.6) is 0 Å². The zero-order chi connectivity index (χ0) is 87.7. The van der Waals surface area contributed by atoms with Gasteiger partial charge in [0.05, 0.1) is 179 Å². The molecular weight excluding hydrogens is 1580 g/mol. The zero-order valence-electron chi connectivity index (χ0n) is 69.9. The largest absolute Gasteiger partial charge is 0.462 e. The summed E-state index contributed by atoms with van der Waals surface area (Å²) in [7, 11) is 0. The van der Waals surface area contributed by atoms with Gasteiger partial charge in [0, 0.05) is 83.3 Å². The molecule has 0 aromatic rings. The van der Waals surface area contributed by atoms with Gasteiger partial charge in [-0.25, -0.2) is 0 Å². The molecule has 0 radical (unpaired) electrons. The van der Waals surface area contributed by atoms with Crippen molar-refractivity contribution >= 4 is 41.4 Å². The molecule has 0 aromatic heterocycles. The topological polar surface area (TPSA) is 540 Å². The first kappa shape index (κ1) is 106. The van der Waals surface area contributed by atoms with Gasteiger partial charge in [-0.05, 0) is 52.4 Å². The minimum Gasteiger partial charge on any atom is -0.462 e. The van der Waals surface area contributed by atoms with Gasteiger partial charge < -0.3 is 155 Å². The van der Waals surface area contributed by atoms with E-state index < -0.39 is 165 Å². The van der Waals surface area contributed by atoms with Crippen LogP contribution in [0.4, 0.5) is 0 Å². The SMILES string of the molecule is C[C@H]1[C@H](O)[C@@H](C)/C=C/C=C/C=C/C=C/C=C/C=C/C=C/[C@H](O[C@@H]2O[C@H](C)[C@@H](O)[C@H](NC(=O)COCCOCCNC(=O)COCCOCCNC(=O)COCCOCCNC(=O)COCCOCCNC(=O)COCCOCCN)[C@@H]2O)C[C@@H]2O[C@](O)(C[C@@H](O)C[C@@H](O)[C@H](O)CC[C@@H](O)C[C@@H](O)CC(=O)O[C@@H]1C)C[C@H](O)[C@H]2C(=O)N1CCCCC1. The number of carbonyl (C=O) groups is 7. The first-order chi connectivity index (χ1) is 57.7. The molecule has 38 nitrogen and oxygen atoms in total. The lowest BCUT2D eigenvalue weighted by Crippen LogP contribution is -2.64. The van der Waals surface area contributed by atoms with Gasteiger partial charge in [0.1, 0.15) is 51.3 Å². The lowest BCUT2D eigenvalue weighted by molar-refractivity contribution is -0.308. The Labute approximate surface area is 703 Å². The van der Waals surface area contributed by atoms with Gasteiger partial charge >= 0.3 is 5.97 Å². The van der Waals surface area contributed by atoms with Crippen LogP contribution in [0.15, 0.2) is 85.1 Å². The second-order valence-corrected chi connectivity index (χ2v) is 29.6. The highest BCUT2D eigenvalue weighted by Gasteiger charge is 2.52. The molecule has 2 bridgehead atoms. The van der Waals surface area contributed by atoms with E-state index in [0.29, 0.717) is 52.2 Å². The minimum atomic E-state index is -2.35. The summed E-state index contributed by atoms with van der Waals surface area (Å²) in [4.78, 5) is 90.5. The number of carbonyl (C=O) groups excluding carboxylic acids is 7. The van der Waals surface area contributed by atoms with Crippen LogP contribution >= 0.6 is 0 Å². The van der Waals surface area contributed by atoms with Crippen molar-refractivity contribution in [2.75, 3.05) is 178 Å². The van der Waals surface area contributed by atoms with E-state index in [-0.39, 0.29) is 181 Å². The lowest BCUT2D eigenvalue weighted by atomic mass is 9.81. The maximum atomic E-state index is 14.5. The fraction of sp³-hybridized carbons (Fsp3) is 0.744. The van der Waals surface area contributed by atoms with E-state index in [0.717, 1.165) is 6.42 Å². The molecule has 0 saturated carbocycles. The summed E-state index contributed by atoms with van der Waals surface area (Å²) in [6.45, 7) is 10.4. The number of allylic oxidation sites excluding steroid dienone is 12. The summed E-state index contributed by atoms with van der Waals surface area (Å²) in [5.41, 5.74) is 5.33. The van der Waals surface area contributed by atoms with Gasteiger partial charge in [0.15, 0.2) is 12.1 Å². The number of likely N-dealkylation sites (tertiary alicyclic amines) is 1. The Morgan fingerprint density at radius 3 is 1.38 bits per heavy atom. The summed E-state index contributed by atoms with van der Waals surface area (Å²) in [5, 5.41) is 127. The molecule has 6 amide bonds. The summed E-state index contributed by atoms with van der Waals surface area (Å²) < 4.78 is 78.0. The van der Waals surface area contributed by atoms with Crippen molar-refractivity contribution in [3.05, 3.63) is 85.1 Å². The summed E-state index contributed by atoms with van der Waals surface area (Å²) in [6.07, 6.45) is 4.81. The number of amides is 6. The summed E-state index contributed by atoms with van der Waals surface area (Å²) in [5.74, 6) is -7.77. The molecule has 4 aliphatic heterocycles. The van der Waals surface area contributed by atoms with Crippen molar-refractivity contribution in [1.82, 2.24) is 31.5 Å². The molecule has 4 heterocycles. The highest BCUT2D eigenvalue weighted by molar-refractivity contribution is 5.81. The number of aliphatic hydroxyl groups excluding tert-OH is 9. The molecule has 0 spiro atoms. The van der Waals surface area contributed by atoms with Crippen LogP contribution < -0.4 is 32.3 Å². The Kier molecular flexibility index (Phi) is 56.0. The highest BCUT2D eigenvalue weighted by atomic mass is 16.7. The van der Waals surface area contributed by atoms with Gasteiger partial charge in [0.25, 0.3) is 0 Å². The van der Waals surface area contributed by atoms with Crippen LogP contribution in [0.2, 0.25) is 0 Å². The predicted octanol–water partition coefficient (Wildman–Crippen LogP) is -2.61. The fourth-order valence-corrected chi connectivity index (χ4v) is 12.9. The summed E-state index contributed by atoms with van der Waals surface area (Å²) in [6, 6.07) is -1.39. The van der Waals surface area contributed by atoms with Gasteiger partial charge in [-0.2, -0.15) is 0 Å². The number of nitrogens with two attached hydrogens (primary N) is 1. The second kappa shape index (κ2) is 63.4. The number of esters is 1. The Balaban J connectivity index is 1.20. The van der Waals surface area contributed by atoms with Gasteiger partial charge in [-0.15, -0.1) is 0 Å². The number of piperidine rings is 1. The molecule has 686 valence electrons. The molecule has 0 aromatic carbocycles. The molecule has 0 aliphatic carbocycles. The Morgan fingerprint density at radius 2 is 0.908 bits per heavy atom. The number of hydrogen-bond donors (Lipinski definition) is 16. The van der Waals surface area contributed by atoms with Crippen molar-refractivity contribution in [1.29, 1.82) is 0 Å². The Morgan fingerprint density at radius 1 is 0.467 bits per heavy atom. The van der Waals surface area contributed by atoms with Crippen LogP contribution in [0, 0.1) is 17.8 Å². The summed E-state index contributed by atoms with van der Waals surface area (Å²) >= 11 is 0. The van der Waals surface area contributed by atoms with Crippen molar-refractivity contribution in [2.24, 2.45) is 23.5 Å². The van der Waals surface area contributed by atoms with Crippen molar-refractivity contribution in [2.45, 2.75) is 196 Å². The molecule has 4 aliphatic rings. The van der Waals surface area contributed by atoms with E-state index in [1.165, 1.54) is 6.92 Å². The van der Waals surface area contributed by atoms with Crippen molar-refractivity contribution in [3.63, 3.8) is 0 Å². The van der Waals surface area contributed by atoms with E-state index in [1.54, 1.807) is 97.7 Å². The Hall–Kier alpha value is -6.49. The smallest absolute Gasteiger partial charge is 0.308 e. The van der Waals surface area contributed by atoms with Crippen molar-refractivity contribution in [3.8, 4) is 0 Å². The lowest BCUT2D eigenvalue weighted by Gasteiger charge is -2.47. The molecule has 17 N–H and O–H groups in total. The van der Waals surface area contributed by atoms with Crippen LogP contribution in [0.3, 0.4) is 0 Å². The molecule has 3 saturated heterocycles. The third-order valence-electron chi connectivity index (χ3n) is 19.5. The number of nitrogens with one attached hydrogen (secondary N) is 5. The fourth-order valence-electron chi connectivity index (χ4n) is 12.9. The van der Waals surface area contributed by atoms with E-state index in [2.05, 4.69) is 26.6 Å². The predicted molar refractivity (Wildman–Crippen MR) is 433 cm³/mol. The second-order valence-electron chi connectivity index (χ2n) is 29.6. The van der Waals surface area contributed by atoms with E-state index >= 15 is 0 Å². The van der Waals surface area contributed by atoms with Gasteiger partial charge in [0.2, 0.25) is 35.4 Å². The number of nitrogens with zero attached hydrogens (tertiary/aromatic N) is 1. The number of rotatable bonds is 43. The third kappa shape index (κ3) is 46.8. The average molecular weight is 1720 g/mol. The molecule has 19 atom stereocenters. The zero-order valence-corrected chi connectivity index (χ0v) is 69.9. The minimum absolute atomic E-state index is 0.0240. The molecule has 0 unspecified atom stereocenters. The van der Waals surface area contributed by atoms with E-state index in [9.17, 15) is 84.6 Å². The number of aliphatic hydroxyl groups is 10. The molecule has 120 heavy (non-hydrogen) atoms. The van der Waals surface area contributed by atoms with E-state index in [4.69, 9.17) is 72.0 Å². The van der Waals surface area contributed by atoms with Gasteiger partial charge in [-0.3, -0.25) is 33.6 Å². The van der Waals surface area contributed by atoms with Crippen LogP contribution in [0.1, 0.15) is 98.3 Å². The van der Waals surface area contributed by atoms with Crippen LogP contribution in [-0.2, 0) is 99.9 Å². The maximum absolute atomic E-state index is 14.5. The molecular formula is C82H137N7O31. The first-order valence-electron chi connectivity index (χ1n) is 41.5. The van der Waals surface area contributed by atoms with Crippen molar-refractivity contribution < 1.29 is 151 Å². The first-order valence-corrected chi connectivity index (χ1v) is 41.5. The van der Waals surface area contributed by atoms with Crippen LogP contribution in [0.25, 0.3) is 0 Å². The van der Waals surface area contributed by atoms with Crippen LogP contribution in [-0.4, -0.2) is 373 Å². The number of hydrogen-bond acceptors (Lipinski definition) is 32. The standard InChI is InChI=1S/C82H137N7O31/c1-57-20-16-13-11-9-7-5-6-8-10-12-14-17-21-64(49-68-75(80(105)89-29-18-15-19-30-89)67(95)51-82(106,120-68)50-63(92)47-66(94)65(93)23-22-61(90)46-62(91)48-74(101)117-59(3)58(2)77(57)102)119-81-79(104)76(78(103)60(4)118-81)88-73(100)56-116-45-40-111-35-28-87-72(99)55-115-44-39-110-34-27-86-71(98)54-114-43-38-109-33-26-85-70(97)53-113-42-37-108-32-25-84-69(96)52-112-41-36-107-31-24-83/h5-14,16-17,20-21,57-68,75-79,81,90-95,102-104,106H,15,18-19,22-56,83H2,1-4H3,(H,84,96)(H,85,97)(H,86,98)(H,87,99)(H,88,100)/b6-5+,9-7+,10-8+,13-11+,14-12+,20-16+,21-17+/t57-,58+,59+,60+,61+,62+,63-,64-,65+,66+,67-,68-,75+,76-,77+,78+,79-,81-,82+/m0/s1. The highest BCUT2D eigenvalue weighted by Crippen LogP contribution is 2.39. The maximum Gasteiger partial charge on any atom is 0.308 e. The normalized spacial score (nSPS) is 30.6. The van der Waals surface area contributed by atoms with Gasteiger partial charge in [-0.1, -0.05) is 98.9 Å². The molecule has 4 rings (SSSR count). The Bertz CT molecular complexity index is 3080.